The van der Waals surface area contributed by atoms with Crippen molar-refractivity contribution in [2.45, 2.75) is 264 Å². The average molecular weight is 998 g/mol. The van der Waals surface area contributed by atoms with Gasteiger partial charge < -0.3 is 14.2 Å². The first kappa shape index (κ1) is 67.8. The standard InChI is InChI=1S/C66H108O6/c1-4-7-10-13-16-18-20-22-24-26-28-30-31-32-33-34-35-37-38-40-42-44-46-48-50-53-56-59-65(68)71-62-63(61-70-64(67)58-55-52-15-12-9-6-3)72-66(69)60-57-54-51-49-47-45-43-41-39-36-29-27-25-23-21-19-17-14-11-8-5-2/h7-8,10-11,16-19,22-25,28-30,32-33,35-37,63H,4-6,9,12-15,20-21,26-27,31,34,38-62H2,1-3H3/b10-7-,11-8-,18-16-,19-17-,24-22-,25-23-,30-28-,33-32-,36-29-,37-35-. The first-order valence-electron chi connectivity index (χ1n) is 29.5. The molecule has 0 amide bonds. The van der Waals surface area contributed by atoms with Gasteiger partial charge in [0.05, 0.1) is 0 Å². The molecule has 0 rings (SSSR count). The molecule has 0 fully saturated rings. The number of carbonyl (C=O) groups is 3. The predicted octanol–water partition coefficient (Wildman–Crippen LogP) is 20.0. The first-order valence-corrected chi connectivity index (χ1v) is 29.5. The number of esters is 3. The lowest BCUT2D eigenvalue weighted by Crippen LogP contribution is -2.30. The Balaban J connectivity index is 4.18. The van der Waals surface area contributed by atoms with Crippen LogP contribution in [0, 0.1) is 0 Å². The van der Waals surface area contributed by atoms with Crippen LogP contribution in [0.15, 0.2) is 122 Å². The Labute approximate surface area is 443 Å². The molecule has 0 radical (unpaired) electrons. The van der Waals surface area contributed by atoms with Crippen molar-refractivity contribution < 1.29 is 28.6 Å². The topological polar surface area (TPSA) is 78.9 Å². The molecule has 6 nitrogen and oxygen atoms in total. The van der Waals surface area contributed by atoms with Gasteiger partial charge in [0.2, 0.25) is 0 Å². The molecule has 6 heteroatoms. The van der Waals surface area contributed by atoms with Gasteiger partial charge in [0, 0.05) is 19.3 Å². The van der Waals surface area contributed by atoms with Crippen LogP contribution in [0.5, 0.6) is 0 Å². The van der Waals surface area contributed by atoms with Gasteiger partial charge >= 0.3 is 17.9 Å². The molecule has 0 aromatic rings. The fourth-order valence-electron chi connectivity index (χ4n) is 7.85. The average Bonchev–Trinajstić information content (AvgIpc) is 3.38. The second-order valence-corrected chi connectivity index (χ2v) is 19.1. The molecular formula is C66H108O6. The summed E-state index contributed by atoms with van der Waals surface area (Å²) in [5, 5.41) is 0. The normalized spacial score (nSPS) is 13.0. The summed E-state index contributed by atoms with van der Waals surface area (Å²) >= 11 is 0. The molecule has 408 valence electrons. The third-order valence-corrected chi connectivity index (χ3v) is 12.2. The first-order chi connectivity index (χ1) is 35.5. The van der Waals surface area contributed by atoms with E-state index < -0.39 is 6.10 Å². The Morgan fingerprint density at radius 1 is 0.292 bits per heavy atom. The van der Waals surface area contributed by atoms with Crippen LogP contribution in [0.1, 0.15) is 258 Å². The summed E-state index contributed by atoms with van der Waals surface area (Å²) in [7, 11) is 0. The zero-order valence-electron chi connectivity index (χ0n) is 46.7. The second kappa shape index (κ2) is 59.4. The van der Waals surface area contributed by atoms with Crippen LogP contribution < -0.4 is 0 Å². The van der Waals surface area contributed by atoms with Gasteiger partial charge in [-0.15, -0.1) is 0 Å². The van der Waals surface area contributed by atoms with Crippen molar-refractivity contribution >= 4 is 17.9 Å². The number of unbranched alkanes of at least 4 members (excludes halogenated alkanes) is 21. The van der Waals surface area contributed by atoms with Gasteiger partial charge in [-0.05, 0) is 109 Å². The number of ether oxygens (including phenoxy) is 3. The Morgan fingerprint density at radius 3 is 0.847 bits per heavy atom. The molecule has 72 heavy (non-hydrogen) atoms. The van der Waals surface area contributed by atoms with Crippen molar-refractivity contribution in [3.8, 4) is 0 Å². The Hall–Kier alpha value is -4.19. The van der Waals surface area contributed by atoms with Crippen molar-refractivity contribution in [1.82, 2.24) is 0 Å². The van der Waals surface area contributed by atoms with E-state index in [9.17, 15) is 14.4 Å². The summed E-state index contributed by atoms with van der Waals surface area (Å²) in [6.45, 7) is 6.34. The molecule has 0 aromatic heterocycles. The monoisotopic (exact) mass is 997 g/mol. The predicted molar refractivity (Wildman–Crippen MR) is 311 cm³/mol. The van der Waals surface area contributed by atoms with Crippen LogP contribution >= 0.6 is 0 Å². The third kappa shape index (κ3) is 56.7. The van der Waals surface area contributed by atoms with E-state index in [4.69, 9.17) is 14.2 Å². The number of hydrogen-bond acceptors (Lipinski definition) is 6. The maximum absolute atomic E-state index is 12.8. The van der Waals surface area contributed by atoms with Gasteiger partial charge in [-0.25, -0.2) is 0 Å². The lowest BCUT2D eigenvalue weighted by Gasteiger charge is -2.18. The minimum Gasteiger partial charge on any atom is -0.462 e. The molecule has 0 aliphatic rings. The van der Waals surface area contributed by atoms with Crippen molar-refractivity contribution in [3.63, 3.8) is 0 Å². The van der Waals surface area contributed by atoms with Crippen LogP contribution in [-0.4, -0.2) is 37.2 Å². The molecule has 0 heterocycles. The highest BCUT2D eigenvalue weighted by atomic mass is 16.6. The summed E-state index contributed by atoms with van der Waals surface area (Å²) in [6, 6.07) is 0. The summed E-state index contributed by atoms with van der Waals surface area (Å²) < 4.78 is 16.8. The van der Waals surface area contributed by atoms with Crippen molar-refractivity contribution in [1.29, 1.82) is 0 Å². The maximum Gasteiger partial charge on any atom is 0.306 e. The highest BCUT2D eigenvalue weighted by Crippen LogP contribution is 2.15. The molecule has 1 unspecified atom stereocenters. The third-order valence-electron chi connectivity index (χ3n) is 12.2. The molecule has 0 aliphatic carbocycles. The number of hydrogen-bond donors (Lipinski definition) is 0. The second-order valence-electron chi connectivity index (χ2n) is 19.1. The molecule has 1 atom stereocenters. The van der Waals surface area contributed by atoms with Crippen molar-refractivity contribution in [2.24, 2.45) is 0 Å². The van der Waals surface area contributed by atoms with Gasteiger partial charge in [-0.3, -0.25) is 14.4 Å². The van der Waals surface area contributed by atoms with Crippen LogP contribution in [0.25, 0.3) is 0 Å². The smallest absolute Gasteiger partial charge is 0.306 e. The minimum absolute atomic E-state index is 0.0860. The summed E-state index contributed by atoms with van der Waals surface area (Å²) in [5.74, 6) is -0.913. The minimum atomic E-state index is -0.786. The summed E-state index contributed by atoms with van der Waals surface area (Å²) in [5.41, 5.74) is 0. The molecule has 0 aliphatic heterocycles. The SMILES string of the molecule is CC/C=C\C/C=C\C/C=C\C/C=C\C/C=C\C/C=C\CCCCCCCCCCC(=O)OCC(COC(=O)CCCCCCCC)OC(=O)CCCCCCCCCC/C=C\C/C=C\C/C=C\C/C=C\CC. The fourth-order valence-corrected chi connectivity index (χ4v) is 7.85. The maximum atomic E-state index is 12.8. The van der Waals surface area contributed by atoms with E-state index in [1.807, 2.05) is 0 Å². The van der Waals surface area contributed by atoms with Crippen LogP contribution in [0.4, 0.5) is 0 Å². The lowest BCUT2D eigenvalue weighted by atomic mass is 10.1. The van der Waals surface area contributed by atoms with Crippen LogP contribution in [0.2, 0.25) is 0 Å². The number of allylic oxidation sites excluding steroid dienone is 20. The highest BCUT2D eigenvalue weighted by Gasteiger charge is 2.19. The van der Waals surface area contributed by atoms with E-state index in [1.54, 1.807) is 0 Å². The molecule has 0 N–H and O–H groups in total. The van der Waals surface area contributed by atoms with Gasteiger partial charge in [-0.1, -0.05) is 251 Å². The molecule has 0 bridgehead atoms. The molecule has 0 saturated heterocycles. The number of carbonyl (C=O) groups excluding carboxylic acids is 3. The summed E-state index contributed by atoms with van der Waals surface area (Å²) in [4.78, 5) is 37.9. The molecule has 0 aromatic carbocycles. The van der Waals surface area contributed by atoms with Gasteiger partial charge in [0.15, 0.2) is 6.10 Å². The molecule has 0 saturated carbocycles. The van der Waals surface area contributed by atoms with Gasteiger partial charge in [-0.2, -0.15) is 0 Å². The quantitative estimate of drug-likeness (QED) is 0.0261. The number of rotatable bonds is 52. The lowest BCUT2D eigenvalue weighted by molar-refractivity contribution is -0.167. The van der Waals surface area contributed by atoms with Crippen LogP contribution in [0.3, 0.4) is 0 Å². The van der Waals surface area contributed by atoms with Crippen molar-refractivity contribution in [3.05, 3.63) is 122 Å². The Morgan fingerprint density at radius 2 is 0.542 bits per heavy atom. The van der Waals surface area contributed by atoms with E-state index in [1.165, 1.54) is 83.5 Å². The van der Waals surface area contributed by atoms with E-state index in [0.717, 1.165) is 135 Å². The largest absolute Gasteiger partial charge is 0.462 e. The molecular weight excluding hydrogens is 889 g/mol. The molecule has 0 spiro atoms. The highest BCUT2D eigenvalue weighted by molar-refractivity contribution is 5.71. The Bertz CT molecular complexity index is 1520. The Kier molecular flexibility index (Phi) is 55.9. The van der Waals surface area contributed by atoms with E-state index in [0.29, 0.717) is 19.3 Å². The zero-order valence-corrected chi connectivity index (χ0v) is 46.7. The van der Waals surface area contributed by atoms with Gasteiger partial charge in [0.25, 0.3) is 0 Å². The van der Waals surface area contributed by atoms with Crippen LogP contribution in [-0.2, 0) is 28.6 Å². The van der Waals surface area contributed by atoms with E-state index >= 15 is 0 Å². The fraction of sp³-hybridized carbons (Fsp3) is 0.652. The van der Waals surface area contributed by atoms with E-state index in [2.05, 4.69) is 142 Å². The zero-order chi connectivity index (χ0) is 52.2. The van der Waals surface area contributed by atoms with Gasteiger partial charge in [0.1, 0.15) is 13.2 Å². The van der Waals surface area contributed by atoms with E-state index in [-0.39, 0.29) is 31.1 Å². The van der Waals surface area contributed by atoms with Crippen molar-refractivity contribution in [2.75, 3.05) is 13.2 Å². The summed E-state index contributed by atoms with van der Waals surface area (Å²) in [6.07, 6.45) is 82.2.